The van der Waals surface area contributed by atoms with Gasteiger partial charge in [-0.25, -0.2) is 0 Å². The summed E-state index contributed by atoms with van der Waals surface area (Å²) in [6.45, 7) is 13.6. The normalized spacial score (nSPS) is 14.8. The Hall–Kier alpha value is -2.66. The summed E-state index contributed by atoms with van der Waals surface area (Å²) >= 11 is 0. The fourth-order valence-corrected chi connectivity index (χ4v) is 4.93. The highest BCUT2D eigenvalue weighted by atomic mass is 16.2. The summed E-state index contributed by atoms with van der Waals surface area (Å²) in [6.07, 6.45) is 2.79. The fourth-order valence-electron chi connectivity index (χ4n) is 4.93. The molecule has 0 bridgehead atoms. The van der Waals surface area contributed by atoms with E-state index in [1.807, 2.05) is 35.2 Å². The lowest BCUT2D eigenvalue weighted by atomic mass is 9.92. The maximum Gasteiger partial charge on any atom is 0.253 e. The Bertz CT molecular complexity index is 921. The number of benzene rings is 2. The van der Waals surface area contributed by atoms with E-state index >= 15 is 0 Å². The predicted octanol–water partition coefficient (Wildman–Crippen LogP) is 5.89. The number of piperidine rings is 1. The number of para-hydroxylation sites is 1. The number of rotatable bonds is 9. The predicted molar refractivity (Wildman–Crippen MR) is 140 cm³/mol. The van der Waals surface area contributed by atoms with Crippen LogP contribution in [-0.4, -0.2) is 53.8 Å². The Morgan fingerprint density at radius 2 is 1.53 bits per heavy atom. The van der Waals surface area contributed by atoms with Gasteiger partial charge in [0.2, 0.25) is 5.91 Å². The van der Waals surface area contributed by atoms with Crippen molar-refractivity contribution in [1.29, 1.82) is 0 Å². The molecule has 1 aliphatic heterocycles. The van der Waals surface area contributed by atoms with Crippen LogP contribution in [-0.2, 0) is 4.79 Å². The molecule has 2 aromatic rings. The third kappa shape index (κ3) is 6.47. The molecule has 2 amide bonds. The zero-order chi connectivity index (χ0) is 24.7. The minimum atomic E-state index is 0.0474. The molecule has 5 nitrogen and oxygen atoms in total. The van der Waals surface area contributed by atoms with Gasteiger partial charge < -0.3 is 10.2 Å². The van der Waals surface area contributed by atoms with E-state index in [9.17, 15) is 9.59 Å². The molecule has 2 aromatic carbocycles. The number of hydrogen-bond acceptors (Lipinski definition) is 3. The third-order valence-corrected chi connectivity index (χ3v) is 6.78. The average molecular weight is 464 g/mol. The molecule has 0 radical (unpaired) electrons. The van der Waals surface area contributed by atoms with Gasteiger partial charge >= 0.3 is 0 Å². The van der Waals surface area contributed by atoms with Crippen molar-refractivity contribution in [3.05, 3.63) is 65.2 Å². The molecule has 0 atom stereocenters. The molecule has 1 fully saturated rings. The van der Waals surface area contributed by atoms with Crippen LogP contribution in [0.4, 0.5) is 5.69 Å². The summed E-state index contributed by atoms with van der Waals surface area (Å²) in [6, 6.07) is 16.1. The first kappa shape index (κ1) is 26.0. The van der Waals surface area contributed by atoms with Crippen LogP contribution in [0.3, 0.4) is 0 Å². The summed E-state index contributed by atoms with van der Waals surface area (Å²) in [4.78, 5) is 30.3. The summed E-state index contributed by atoms with van der Waals surface area (Å²) in [5.41, 5.74) is 4.11. The Labute approximate surface area is 205 Å². The van der Waals surface area contributed by atoms with Gasteiger partial charge in [0.05, 0.1) is 6.54 Å². The van der Waals surface area contributed by atoms with Gasteiger partial charge in [-0.1, -0.05) is 71.0 Å². The highest BCUT2D eigenvalue weighted by Gasteiger charge is 2.28. The van der Waals surface area contributed by atoms with Crippen LogP contribution >= 0.6 is 0 Å². The largest absolute Gasteiger partial charge is 0.339 e. The lowest BCUT2D eigenvalue weighted by Gasteiger charge is -2.38. The van der Waals surface area contributed by atoms with Crippen molar-refractivity contribution < 1.29 is 9.59 Å². The third-order valence-electron chi connectivity index (χ3n) is 6.78. The van der Waals surface area contributed by atoms with Crippen molar-refractivity contribution in [2.45, 2.75) is 71.8 Å². The molecule has 0 aromatic heterocycles. The van der Waals surface area contributed by atoms with Gasteiger partial charge in [0, 0.05) is 30.4 Å². The van der Waals surface area contributed by atoms with E-state index in [0.717, 1.165) is 50.1 Å². The summed E-state index contributed by atoms with van der Waals surface area (Å²) in [7, 11) is 0. The van der Waals surface area contributed by atoms with Crippen molar-refractivity contribution in [2.75, 3.05) is 31.5 Å². The molecule has 0 unspecified atom stereocenters. The highest BCUT2D eigenvalue weighted by molar-refractivity contribution is 5.95. The molecule has 5 heteroatoms. The SMILES string of the molecule is CCCN(CC(=O)Nc1c(C(C)C)cccc1C(C)C)C1CCN(C(=O)c2ccccc2)CC1. The molecular formula is C29H41N3O2. The standard InChI is InChI=1S/C29H41N3O2/c1-6-17-32(24-15-18-31(19-16-24)29(34)23-11-8-7-9-12-23)20-27(33)30-28-25(21(2)3)13-10-14-26(28)22(4)5/h7-14,21-22,24H,6,15-20H2,1-5H3,(H,30,33). The van der Waals surface area contributed by atoms with E-state index in [2.05, 4.69) is 63.0 Å². The first-order valence-corrected chi connectivity index (χ1v) is 12.8. The Balaban J connectivity index is 1.65. The maximum absolute atomic E-state index is 13.2. The lowest BCUT2D eigenvalue weighted by Crippen LogP contribution is -2.49. The first-order chi connectivity index (χ1) is 16.3. The van der Waals surface area contributed by atoms with E-state index < -0.39 is 0 Å². The number of carbonyl (C=O) groups excluding carboxylic acids is 2. The van der Waals surface area contributed by atoms with Crippen molar-refractivity contribution in [1.82, 2.24) is 9.80 Å². The molecule has 1 heterocycles. The van der Waals surface area contributed by atoms with Gasteiger partial charge in [-0.2, -0.15) is 0 Å². The fraction of sp³-hybridized carbons (Fsp3) is 0.517. The average Bonchev–Trinajstić information content (AvgIpc) is 2.83. The van der Waals surface area contributed by atoms with E-state index in [1.165, 1.54) is 11.1 Å². The quantitative estimate of drug-likeness (QED) is 0.505. The number of nitrogens with one attached hydrogen (secondary N) is 1. The second kappa shape index (κ2) is 12.2. The van der Waals surface area contributed by atoms with Crippen molar-refractivity contribution >= 4 is 17.5 Å². The van der Waals surface area contributed by atoms with Crippen LogP contribution in [0, 0.1) is 0 Å². The maximum atomic E-state index is 13.2. The van der Waals surface area contributed by atoms with Crippen LogP contribution in [0.25, 0.3) is 0 Å². The van der Waals surface area contributed by atoms with Crippen LogP contribution in [0.1, 0.15) is 87.2 Å². The zero-order valence-electron chi connectivity index (χ0n) is 21.5. The molecule has 34 heavy (non-hydrogen) atoms. The molecule has 1 aliphatic rings. The van der Waals surface area contributed by atoms with E-state index in [1.54, 1.807) is 0 Å². The Morgan fingerprint density at radius 3 is 2.06 bits per heavy atom. The molecular weight excluding hydrogens is 422 g/mol. The molecule has 3 rings (SSSR count). The number of anilines is 1. The van der Waals surface area contributed by atoms with Crippen LogP contribution in [0.2, 0.25) is 0 Å². The van der Waals surface area contributed by atoms with Crippen LogP contribution in [0.15, 0.2) is 48.5 Å². The summed E-state index contributed by atoms with van der Waals surface area (Å²) in [5, 5.41) is 3.27. The van der Waals surface area contributed by atoms with Crippen molar-refractivity contribution in [3.8, 4) is 0 Å². The topological polar surface area (TPSA) is 52.7 Å². The lowest BCUT2D eigenvalue weighted by molar-refractivity contribution is -0.118. The van der Waals surface area contributed by atoms with E-state index in [4.69, 9.17) is 0 Å². The van der Waals surface area contributed by atoms with Crippen LogP contribution < -0.4 is 5.32 Å². The second-order valence-corrected chi connectivity index (χ2v) is 10.0. The minimum Gasteiger partial charge on any atom is -0.339 e. The monoisotopic (exact) mass is 463 g/mol. The van der Waals surface area contributed by atoms with Crippen molar-refractivity contribution in [2.24, 2.45) is 0 Å². The van der Waals surface area contributed by atoms with Gasteiger partial charge in [-0.05, 0) is 60.9 Å². The first-order valence-electron chi connectivity index (χ1n) is 12.8. The zero-order valence-corrected chi connectivity index (χ0v) is 21.5. The Kier molecular flexibility index (Phi) is 9.28. The Morgan fingerprint density at radius 1 is 0.941 bits per heavy atom. The van der Waals surface area contributed by atoms with Gasteiger partial charge in [0.15, 0.2) is 0 Å². The molecule has 0 spiro atoms. The van der Waals surface area contributed by atoms with Gasteiger partial charge in [0.25, 0.3) is 5.91 Å². The smallest absolute Gasteiger partial charge is 0.253 e. The summed E-state index contributed by atoms with van der Waals surface area (Å²) in [5.74, 6) is 0.830. The highest BCUT2D eigenvalue weighted by Crippen LogP contribution is 2.32. The molecule has 0 saturated carbocycles. The molecule has 0 aliphatic carbocycles. The number of likely N-dealkylation sites (tertiary alicyclic amines) is 1. The minimum absolute atomic E-state index is 0.0474. The van der Waals surface area contributed by atoms with E-state index in [0.29, 0.717) is 24.4 Å². The number of hydrogen-bond donors (Lipinski definition) is 1. The van der Waals surface area contributed by atoms with E-state index in [-0.39, 0.29) is 11.8 Å². The molecule has 1 N–H and O–H groups in total. The molecule has 184 valence electrons. The molecule has 1 saturated heterocycles. The van der Waals surface area contributed by atoms with Gasteiger partial charge in [-0.15, -0.1) is 0 Å². The summed E-state index contributed by atoms with van der Waals surface area (Å²) < 4.78 is 0. The number of carbonyl (C=O) groups is 2. The number of nitrogens with zero attached hydrogens (tertiary/aromatic N) is 2. The number of amides is 2. The van der Waals surface area contributed by atoms with Crippen LogP contribution in [0.5, 0.6) is 0 Å². The van der Waals surface area contributed by atoms with Gasteiger partial charge in [0.1, 0.15) is 0 Å². The second-order valence-electron chi connectivity index (χ2n) is 10.0. The van der Waals surface area contributed by atoms with Crippen molar-refractivity contribution in [3.63, 3.8) is 0 Å². The van der Waals surface area contributed by atoms with Gasteiger partial charge in [-0.3, -0.25) is 14.5 Å².